The molecule has 1 atom stereocenters. The van der Waals surface area contributed by atoms with Gasteiger partial charge in [0.25, 0.3) is 5.91 Å². The van der Waals surface area contributed by atoms with E-state index in [1.54, 1.807) is 18.7 Å². The third-order valence-corrected chi connectivity index (χ3v) is 9.56. The Labute approximate surface area is 266 Å². The molecule has 1 aliphatic carbocycles. The van der Waals surface area contributed by atoms with Crippen molar-refractivity contribution in [3.63, 3.8) is 0 Å². The molecule has 3 amide bonds. The number of hydrogen-bond acceptors (Lipinski definition) is 9. The minimum absolute atomic E-state index is 0.0192. The molecule has 0 N–H and O–H groups in total. The average molecular weight is 680 g/mol. The molecular formula is C29H35F6N5O5S. The van der Waals surface area contributed by atoms with Gasteiger partial charge in [0.05, 0.1) is 43.6 Å². The number of imide groups is 1. The van der Waals surface area contributed by atoms with E-state index < -0.39 is 59.5 Å². The number of methoxy groups -OCH3 is 1. The Morgan fingerprint density at radius 1 is 1.09 bits per heavy atom. The summed E-state index contributed by atoms with van der Waals surface area (Å²) in [6.45, 7) is 3.25. The van der Waals surface area contributed by atoms with Gasteiger partial charge in [-0.05, 0) is 69.7 Å². The van der Waals surface area contributed by atoms with E-state index in [1.807, 2.05) is 0 Å². The quantitative estimate of drug-likeness (QED) is 0.159. The number of nitriles is 1. The number of piperazine rings is 1. The van der Waals surface area contributed by atoms with Crippen LogP contribution in [0.2, 0.25) is 0 Å². The van der Waals surface area contributed by atoms with E-state index >= 15 is 0 Å². The number of benzene rings is 1. The standard InChI is InChI=1S/C29H35F6N5O5S/c1-27(2)25(42)40(46-21-9-4-18(15-36)22(14-21)28(30,31)32)26(43)39(27)19-5-7-20(8-6-19)45-13-12-37-10-11-38(17-24(41)44-3)23(16-37)29(33,34)35/h4,9,14,19-20,23H,5-8,10-13,16-17H2,1-3H3/t19?,20?,23-/m1/s1. The lowest BCUT2D eigenvalue weighted by atomic mass is 9.89. The van der Waals surface area contributed by atoms with Crippen LogP contribution in [0.5, 0.6) is 0 Å². The summed E-state index contributed by atoms with van der Waals surface area (Å²) in [5.41, 5.74) is -2.98. The molecule has 17 heteroatoms. The van der Waals surface area contributed by atoms with E-state index in [2.05, 4.69) is 4.74 Å². The number of urea groups is 1. The smallest absolute Gasteiger partial charge is 0.417 e. The molecule has 2 heterocycles. The van der Waals surface area contributed by atoms with Crippen molar-refractivity contribution < 1.29 is 50.2 Å². The molecule has 10 nitrogen and oxygen atoms in total. The van der Waals surface area contributed by atoms with Gasteiger partial charge in [-0.1, -0.05) is 0 Å². The third-order valence-electron chi connectivity index (χ3n) is 8.59. The summed E-state index contributed by atoms with van der Waals surface area (Å²) in [5.74, 6) is -1.31. The van der Waals surface area contributed by atoms with Gasteiger partial charge in [-0.2, -0.15) is 35.9 Å². The Hall–Kier alpha value is -3.07. The SMILES string of the molecule is COC(=O)CN1CCN(CCOC2CCC(N3C(=O)N(Sc4ccc(C#N)c(C(F)(F)F)c4)C(=O)C3(C)C)CC2)C[C@@H]1C(F)(F)F. The van der Waals surface area contributed by atoms with Gasteiger partial charge in [0, 0.05) is 37.1 Å². The molecule has 0 aromatic heterocycles. The largest absolute Gasteiger partial charge is 0.468 e. The van der Waals surface area contributed by atoms with Crippen LogP contribution in [0.15, 0.2) is 23.1 Å². The Bertz CT molecular complexity index is 1340. The fraction of sp³-hybridized carbons (Fsp3) is 0.655. The molecule has 1 aromatic carbocycles. The number of nitrogens with zero attached hydrogens (tertiary/aromatic N) is 5. The van der Waals surface area contributed by atoms with Crippen LogP contribution in [0.25, 0.3) is 0 Å². The van der Waals surface area contributed by atoms with Gasteiger partial charge in [0.15, 0.2) is 0 Å². The van der Waals surface area contributed by atoms with Gasteiger partial charge in [0.2, 0.25) is 0 Å². The average Bonchev–Trinajstić information content (AvgIpc) is 3.15. The topological polar surface area (TPSA) is 106 Å². The number of carbonyl (C=O) groups excluding carboxylic acids is 3. The normalized spacial score (nSPS) is 24.7. The number of alkyl halides is 6. The van der Waals surface area contributed by atoms with Crippen molar-refractivity contribution >= 4 is 29.9 Å². The predicted molar refractivity (Wildman–Crippen MR) is 152 cm³/mol. The van der Waals surface area contributed by atoms with Crippen LogP contribution in [0.3, 0.4) is 0 Å². The number of amides is 3. The highest BCUT2D eigenvalue weighted by Gasteiger charge is 2.55. The Balaban J connectivity index is 1.30. The summed E-state index contributed by atoms with van der Waals surface area (Å²) in [4.78, 5) is 42.4. The first kappa shape index (κ1) is 35.8. The summed E-state index contributed by atoms with van der Waals surface area (Å²) in [7, 11) is 1.13. The minimum atomic E-state index is -4.79. The highest BCUT2D eigenvalue weighted by molar-refractivity contribution is 7.98. The molecule has 254 valence electrons. The Kier molecular flexibility index (Phi) is 10.9. The van der Waals surface area contributed by atoms with Crippen molar-refractivity contribution in [1.29, 1.82) is 5.26 Å². The molecule has 1 saturated carbocycles. The van der Waals surface area contributed by atoms with Crippen molar-refractivity contribution in [2.75, 3.05) is 46.4 Å². The van der Waals surface area contributed by atoms with Crippen LogP contribution in [-0.2, 0) is 25.2 Å². The molecule has 2 aliphatic heterocycles. The van der Waals surface area contributed by atoms with Crippen LogP contribution in [0.1, 0.15) is 50.7 Å². The summed E-state index contributed by atoms with van der Waals surface area (Å²) >= 11 is 0.575. The number of rotatable bonds is 9. The summed E-state index contributed by atoms with van der Waals surface area (Å²) in [5, 5.41) is 9.05. The van der Waals surface area contributed by atoms with Crippen molar-refractivity contribution in [2.45, 2.75) is 80.5 Å². The number of carbonyl (C=O) groups is 3. The van der Waals surface area contributed by atoms with Crippen molar-refractivity contribution in [3.05, 3.63) is 29.3 Å². The third kappa shape index (κ3) is 7.89. The van der Waals surface area contributed by atoms with Crippen LogP contribution in [0, 0.1) is 11.3 Å². The molecule has 0 spiro atoms. The first-order valence-electron chi connectivity index (χ1n) is 14.7. The number of ether oxygens (including phenoxy) is 2. The van der Waals surface area contributed by atoms with Gasteiger partial charge in [0.1, 0.15) is 11.6 Å². The maximum atomic E-state index is 13.7. The summed E-state index contributed by atoms with van der Waals surface area (Å²) < 4.78 is 92.7. The molecule has 0 bridgehead atoms. The monoisotopic (exact) mass is 679 g/mol. The second kappa shape index (κ2) is 14.0. The van der Waals surface area contributed by atoms with Crippen LogP contribution in [-0.4, -0.2) is 113 Å². The van der Waals surface area contributed by atoms with Crippen molar-refractivity contribution in [2.24, 2.45) is 0 Å². The fourth-order valence-electron chi connectivity index (χ4n) is 6.11. The lowest BCUT2D eigenvalue weighted by Crippen LogP contribution is -2.60. The molecule has 0 unspecified atom stereocenters. The van der Waals surface area contributed by atoms with E-state index in [-0.39, 0.29) is 43.3 Å². The highest BCUT2D eigenvalue weighted by atomic mass is 32.2. The number of hydrogen-bond donors (Lipinski definition) is 0. The van der Waals surface area contributed by atoms with E-state index in [9.17, 15) is 40.7 Å². The van der Waals surface area contributed by atoms with Gasteiger partial charge in [-0.3, -0.25) is 19.4 Å². The van der Waals surface area contributed by atoms with Crippen molar-refractivity contribution in [3.8, 4) is 6.07 Å². The van der Waals surface area contributed by atoms with E-state index in [0.29, 0.717) is 44.2 Å². The van der Waals surface area contributed by atoms with Crippen LogP contribution < -0.4 is 0 Å². The predicted octanol–water partition coefficient (Wildman–Crippen LogP) is 4.68. The van der Waals surface area contributed by atoms with Crippen LogP contribution >= 0.6 is 11.9 Å². The van der Waals surface area contributed by atoms with Crippen molar-refractivity contribution in [1.82, 2.24) is 19.0 Å². The number of halogens is 6. The molecule has 3 fully saturated rings. The lowest BCUT2D eigenvalue weighted by Gasteiger charge is -2.42. The van der Waals surface area contributed by atoms with Gasteiger partial charge < -0.3 is 14.4 Å². The zero-order chi connectivity index (χ0) is 34.0. The van der Waals surface area contributed by atoms with Gasteiger partial charge >= 0.3 is 24.4 Å². The Morgan fingerprint density at radius 2 is 1.76 bits per heavy atom. The maximum Gasteiger partial charge on any atom is 0.417 e. The highest BCUT2D eigenvalue weighted by Crippen LogP contribution is 2.42. The van der Waals surface area contributed by atoms with E-state index in [0.717, 1.165) is 28.4 Å². The molecule has 3 aliphatic rings. The summed E-state index contributed by atoms with van der Waals surface area (Å²) in [6, 6.07) is 1.71. The molecule has 1 aromatic rings. The van der Waals surface area contributed by atoms with Gasteiger partial charge in [-0.25, -0.2) is 4.79 Å². The fourth-order valence-corrected chi connectivity index (χ4v) is 7.10. The first-order chi connectivity index (χ1) is 21.5. The lowest BCUT2D eigenvalue weighted by molar-refractivity contribution is -0.199. The van der Waals surface area contributed by atoms with Crippen LogP contribution in [0.4, 0.5) is 31.1 Å². The second-order valence-electron chi connectivity index (χ2n) is 11.9. The van der Waals surface area contributed by atoms with E-state index in [1.165, 1.54) is 17.0 Å². The minimum Gasteiger partial charge on any atom is -0.468 e. The Morgan fingerprint density at radius 3 is 2.35 bits per heavy atom. The molecule has 0 radical (unpaired) electrons. The number of esters is 1. The first-order valence-corrected chi connectivity index (χ1v) is 15.4. The molecule has 46 heavy (non-hydrogen) atoms. The summed E-state index contributed by atoms with van der Waals surface area (Å²) in [6.07, 6.45) is -7.46. The molecule has 2 saturated heterocycles. The maximum absolute atomic E-state index is 13.7. The second-order valence-corrected chi connectivity index (χ2v) is 12.9. The van der Waals surface area contributed by atoms with Gasteiger partial charge in [-0.15, -0.1) is 0 Å². The van der Waals surface area contributed by atoms with E-state index in [4.69, 9.17) is 10.00 Å². The zero-order valence-corrected chi connectivity index (χ0v) is 26.3. The molecule has 4 rings (SSSR count). The molecular weight excluding hydrogens is 644 g/mol. The zero-order valence-electron chi connectivity index (χ0n) is 25.5.